The summed E-state index contributed by atoms with van der Waals surface area (Å²) in [5.41, 5.74) is 0. The molecule has 0 aliphatic carbocycles. The Morgan fingerprint density at radius 2 is 0.447 bits per heavy atom. The smallest absolute Gasteiger partial charge is 0.462 e. The topological polar surface area (TPSA) is 237 Å². The number of carbonyl (C=O) groups excluding carboxylic acids is 4. The van der Waals surface area contributed by atoms with Crippen LogP contribution in [0.4, 0.5) is 0 Å². The molecule has 17 nitrogen and oxygen atoms in total. The third kappa shape index (κ3) is 68.6. The third-order valence-electron chi connectivity index (χ3n) is 17.3. The molecule has 0 heterocycles. The highest BCUT2D eigenvalue weighted by molar-refractivity contribution is 7.47. The zero-order valence-corrected chi connectivity index (χ0v) is 63.4. The molecule has 0 rings (SSSR count). The molecule has 3 N–H and O–H groups in total. The zero-order valence-electron chi connectivity index (χ0n) is 61.6. The molecule has 0 saturated heterocycles. The van der Waals surface area contributed by atoms with Gasteiger partial charge in [0.25, 0.3) is 0 Å². The summed E-state index contributed by atoms with van der Waals surface area (Å²) in [6, 6.07) is 0. The van der Waals surface area contributed by atoms with Crippen LogP contribution in [-0.4, -0.2) is 96.7 Å². The van der Waals surface area contributed by atoms with Gasteiger partial charge in [-0.25, -0.2) is 9.13 Å². The van der Waals surface area contributed by atoms with E-state index >= 15 is 0 Å². The number of unbranched alkanes of at least 4 members (excludes halogenated alkanes) is 38. The second-order valence-corrected chi connectivity index (χ2v) is 31.9. The van der Waals surface area contributed by atoms with Gasteiger partial charge < -0.3 is 33.8 Å². The monoisotopic (exact) mass is 1380 g/mol. The van der Waals surface area contributed by atoms with Crippen molar-refractivity contribution in [3.63, 3.8) is 0 Å². The fraction of sp³-hybridized carbons (Fsp3) is 0.947. The number of esters is 4. The van der Waals surface area contributed by atoms with Gasteiger partial charge in [0, 0.05) is 25.7 Å². The van der Waals surface area contributed by atoms with Gasteiger partial charge in [-0.1, -0.05) is 325 Å². The van der Waals surface area contributed by atoms with Crippen molar-refractivity contribution in [2.24, 2.45) is 23.7 Å². The van der Waals surface area contributed by atoms with E-state index in [0.29, 0.717) is 37.5 Å². The van der Waals surface area contributed by atoms with Crippen molar-refractivity contribution in [3.05, 3.63) is 0 Å². The Balaban J connectivity index is 5.18. The number of carbonyl (C=O) groups is 4. The van der Waals surface area contributed by atoms with E-state index in [1.807, 2.05) is 0 Å². The van der Waals surface area contributed by atoms with Crippen LogP contribution >= 0.6 is 15.6 Å². The molecule has 0 radical (unpaired) electrons. The molecule has 0 aliphatic heterocycles. The summed E-state index contributed by atoms with van der Waals surface area (Å²) in [5.74, 6) is 0.838. The van der Waals surface area contributed by atoms with Gasteiger partial charge in [0.2, 0.25) is 0 Å². The van der Waals surface area contributed by atoms with E-state index < -0.39 is 97.5 Å². The van der Waals surface area contributed by atoms with Crippen LogP contribution < -0.4 is 0 Å². The Kier molecular flexibility index (Phi) is 63.1. The first kappa shape index (κ1) is 92.1. The lowest BCUT2D eigenvalue weighted by Crippen LogP contribution is -2.30. The number of aliphatic hydroxyl groups excluding tert-OH is 1. The molecular formula is C75H146O17P2. The summed E-state index contributed by atoms with van der Waals surface area (Å²) in [5, 5.41) is 10.6. The Labute approximate surface area is 575 Å². The molecule has 558 valence electrons. The molecule has 94 heavy (non-hydrogen) atoms. The average molecular weight is 1380 g/mol. The lowest BCUT2D eigenvalue weighted by Gasteiger charge is -2.21. The first-order chi connectivity index (χ1) is 45.1. The predicted molar refractivity (Wildman–Crippen MR) is 381 cm³/mol. The second kappa shape index (κ2) is 64.4. The molecule has 0 bridgehead atoms. The van der Waals surface area contributed by atoms with Gasteiger partial charge in [-0.05, 0) is 49.4 Å². The van der Waals surface area contributed by atoms with Crippen LogP contribution in [-0.2, 0) is 65.4 Å². The highest BCUT2D eigenvalue weighted by Crippen LogP contribution is 2.45. The minimum atomic E-state index is -4.96. The van der Waals surface area contributed by atoms with Crippen molar-refractivity contribution in [2.45, 2.75) is 395 Å². The number of rotatable bonds is 72. The molecule has 0 saturated carbocycles. The van der Waals surface area contributed by atoms with E-state index in [-0.39, 0.29) is 25.7 Å². The molecule has 0 aromatic carbocycles. The van der Waals surface area contributed by atoms with E-state index in [1.165, 1.54) is 173 Å². The highest BCUT2D eigenvalue weighted by atomic mass is 31.2. The first-order valence-electron chi connectivity index (χ1n) is 38.7. The number of phosphoric ester groups is 2. The molecule has 3 unspecified atom stereocenters. The second-order valence-electron chi connectivity index (χ2n) is 28.9. The molecule has 0 aliphatic rings. The van der Waals surface area contributed by atoms with Gasteiger partial charge in [0.05, 0.1) is 26.4 Å². The lowest BCUT2D eigenvalue weighted by atomic mass is 10.0. The van der Waals surface area contributed by atoms with Gasteiger partial charge in [-0.3, -0.25) is 37.3 Å². The lowest BCUT2D eigenvalue weighted by molar-refractivity contribution is -0.161. The molecular weight excluding hydrogens is 1230 g/mol. The molecule has 5 atom stereocenters. The van der Waals surface area contributed by atoms with E-state index in [0.717, 1.165) is 108 Å². The maximum atomic E-state index is 13.1. The molecule has 0 aromatic heterocycles. The molecule has 0 spiro atoms. The van der Waals surface area contributed by atoms with Crippen LogP contribution in [0, 0.1) is 23.7 Å². The SMILES string of the molecule is CC(C)CCCCCCCCCCCCCCCCCCCCC(=O)O[C@H](COC(=O)CCCCCCCCCCCCCC(C)C)COP(=O)(O)OCC(O)COP(=O)(O)OC[C@@H](COC(=O)CCCCCCCCCC(C)C)OC(=O)CCCCCCCCC(C)C. The Hall–Kier alpha value is -1.94. The van der Waals surface area contributed by atoms with Gasteiger partial charge in [0.1, 0.15) is 19.3 Å². The first-order valence-corrected chi connectivity index (χ1v) is 41.7. The van der Waals surface area contributed by atoms with E-state index in [1.54, 1.807) is 0 Å². The number of ether oxygens (including phenoxy) is 4. The van der Waals surface area contributed by atoms with Gasteiger partial charge in [-0.2, -0.15) is 0 Å². The molecule has 0 amide bonds. The molecule has 0 fully saturated rings. The van der Waals surface area contributed by atoms with Crippen molar-refractivity contribution in [1.82, 2.24) is 0 Å². The highest BCUT2D eigenvalue weighted by Gasteiger charge is 2.30. The van der Waals surface area contributed by atoms with Crippen molar-refractivity contribution >= 4 is 39.5 Å². The normalized spacial score (nSPS) is 14.2. The maximum absolute atomic E-state index is 13.1. The summed E-state index contributed by atoms with van der Waals surface area (Å²) in [7, 11) is -9.91. The number of hydrogen-bond acceptors (Lipinski definition) is 15. The molecule has 0 aromatic rings. The van der Waals surface area contributed by atoms with E-state index in [9.17, 15) is 43.2 Å². The molecule has 19 heteroatoms. The number of hydrogen-bond donors (Lipinski definition) is 3. The third-order valence-corrected chi connectivity index (χ3v) is 19.2. The largest absolute Gasteiger partial charge is 0.472 e. The van der Waals surface area contributed by atoms with Crippen molar-refractivity contribution in [3.8, 4) is 0 Å². The number of aliphatic hydroxyl groups is 1. The minimum Gasteiger partial charge on any atom is -0.462 e. The van der Waals surface area contributed by atoms with E-state index in [2.05, 4.69) is 55.4 Å². The fourth-order valence-corrected chi connectivity index (χ4v) is 13.0. The fourth-order valence-electron chi connectivity index (χ4n) is 11.4. The quantitative estimate of drug-likeness (QED) is 0.0222. The van der Waals surface area contributed by atoms with E-state index in [4.69, 9.17) is 37.0 Å². The van der Waals surface area contributed by atoms with Gasteiger partial charge in [-0.15, -0.1) is 0 Å². The summed E-state index contributed by atoms with van der Waals surface area (Å²) in [4.78, 5) is 72.6. The zero-order chi connectivity index (χ0) is 69.6. The van der Waals surface area contributed by atoms with Crippen LogP contribution in [0.25, 0.3) is 0 Å². The van der Waals surface area contributed by atoms with Gasteiger partial charge >= 0.3 is 39.5 Å². The Bertz CT molecular complexity index is 1850. The summed E-state index contributed by atoms with van der Waals surface area (Å²) >= 11 is 0. The van der Waals surface area contributed by atoms with Crippen LogP contribution in [0.15, 0.2) is 0 Å². The minimum absolute atomic E-state index is 0.101. The van der Waals surface area contributed by atoms with Crippen LogP contribution in [0.1, 0.15) is 376 Å². The summed E-state index contributed by atoms with van der Waals surface area (Å²) in [6.45, 7) is 14.1. The summed E-state index contributed by atoms with van der Waals surface area (Å²) in [6.07, 6.45) is 49.0. The van der Waals surface area contributed by atoms with Gasteiger partial charge in [0.15, 0.2) is 12.2 Å². The predicted octanol–water partition coefficient (Wildman–Crippen LogP) is 21.7. The summed E-state index contributed by atoms with van der Waals surface area (Å²) < 4.78 is 68.4. The van der Waals surface area contributed by atoms with Crippen LogP contribution in [0.5, 0.6) is 0 Å². The maximum Gasteiger partial charge on any atom is 0.472 e. The number of phosphoric acid groups is 2. The Morgan fingerprint density at radius 3 is 0.660 bits per heavy atom. The van der Waals surface area contributed by atoms with Crippen molar-refractivity contribution in [1.29, 1.82) is 0 Å². The van der Waals surface area contributed by atoms with Crippen LogP contribution in [0.3, 0.4) is 0 Å². The Morgan fingerprint density at radius 1 is 0.266 bits per heavy atom. The van der Waals surface area contributed by atoms with Crippen molar-refractivity contribution < 1.29 is 80.2 Å². The standard InChI is InChI=1S/C75H146O17P2/c1-65(2)51-43-35-27-22-18-15-13-11-9-10-12-14-16-20-25-31-41-49-57-74(79)91-70(61-85-72(77)55-47-39-30-24-21-17-19-23-28-36-44-52-66(3)4)63-89-93(81,82)87-59-69(76)60-88-94(83,84)90-64-71(92-75(80)58-50-42-34-33-38-46-54-68(7)8)62-86-73(78)56-48-40-32-26-29-37-45-53-67(5)6/h65-71,76H,9-64H2,1-8H3,(H,81,82)(H,83,84)/t69?,70-,71-/m1/s1. The van der Waals surface area contributed by atoms with Crippen LogP contribution in [0.2, 0.25) is 0 Å². The average Bonchev–Trinajstić information content (AvgIpc) is 1.22. The van der Waals surface area contributed by atoms with Crippen molar-refractivity contribution in [2.75, 3.05) is 39.6 Å².